The van der Waals surface area contributed by atoms with E-state index in [4.69, 9.17) is 28.9 Å². The number of hydrogen-bond donors (Lipinski definition) is 1. The fourth-order valence-corrected chi connectivity index (χ4v) is 1.60. The average Bonchev–Trinajstić information content (AvgIpc) is 2.79. The normalized spacial score (nSPS) is 16.5. The summed E-state index contributed by atoms with van der Waals surface area (Å²) in [5.74, 6) is 0.510. The molecule has 1 heterocycles. The van der Waals surface area contributed by atoms with Gasteiger partial charge in [-0.05, 0) is 18.9 Å². The van der Waals surface area contributed by atoms with Gasteiger partial charge < -0.3 is 5.73 Å². The Morgan fingerprint density at radius 3 is 2.67 bits per heavy atom. The van der Waals surface area contributed by atoms with E-state index in [2.05, 4.69) is 4.98 Å². The van der Waals surface area contributed by atoms with Crippen molar-refractivity contribution in [2.45, 2.75) is 18.8 Å². The van der Waals surface area contributed by atoms with Crippen LogP contribution in [0.1, 0.15) is 24.5 Å². The highest BCUT2D eigenvalue weighted by Crippen LogP contribution is 2.43. The van der Waals surface area contributed by atoms with E-state index in [0.717, 1.165) is 18.5 Å². The van der Waals surface area contributed by atoms with Crippen LogP contribution < -0.4 is 5.73 Å². The minimum atomic E-state index is 0.362. The molecule has 0 radical (unpaired) electrons. The Labute approximate surface area is 80.7 Å². The van der Waals surface area contributed by atoms with E-state index in [-0.39, 0.29) is 0 Å². The van der Waals surface area contributed by atoms with Crippen LogP contribution in [0.15, 0.2) is 6.07 Å². The first-order valence-corrected chi connectivity index (χ1v) is 4.55. The monoisotopic (exact) mass is 202 g/mol. The summed E-state index contributed by atoms with van der Waals surface area (Å²) in [5, 5.41) is 1.00. The second-order valence-corrected chi connectivity index (χ2v) is 3.77. The van der Waals surface area contributed by atoms with Crippen LogP contribution >= 0.6 is 23.2 Å². The lowest BCUT2D eigenvalue weighted by atomic mass is 10.2. The van der Waals surface area contributed by atoms with Crippen LogP contribution in [0.4, 0.5) is 5.69 Å². The Kier molecular flexibility index (Phi) is 1.89. The molecule has 4 heteroatoms. The lowest BCUT2D eigenvalue weighted by Gasteiger charge is -2.03. The van der Waals surface area contributed by atoms with E-state index in [1.807, 2.05) is 0 Å². The molecule has 0 saturated heterocycles. The standard InChI is InChI=1S/C8H8Cl2N2/c9-5-3-6(11)8(10)12-7(5)4-1-2-4/h3-4H,1-2,11H2. The van der Waals surface area contributed by atoms with E-state index in [1.165, 1.54) is 0 Å². The number of nitrogens with two attached hydrogens (primary N) is 1. The Morgan fingerprint density at radius 2 is 2.08 bits per heavy atom. The highest BCUT2D eigenvalue weighted by Gasteiger charge is 2.27. The van der Waals surface area contributed by atoms with Gasteiger partial charge in [-0.25, -0.2) is 4.98 Å². The van der Waals surface area contributed by atoms with Gasteiger partial charge >= 0.3 is 0 Å². The summed E-state index contributed by atoms with van der Waals surface area (Å²) < 4.78 is 0. The lowest BCUT2D eigenvalue weighted by Crippen LogP contribution is -1.94. The van der Waals surface area contributed by atoms with Crippen LogP contribution in [0.5, 0.6) is 0 Å². The van der Waals surface area contributed by atoms with Crippen LogP contribution in [-0.2, 0) is 0 Å². The molecule has 1 saturated carbocycles. The summed E-state index contributed by atoms with van der Waals surface area (Å²) in [6.07, 6.45) is 2.32. The molecule has 0 amide bonds. The van der Waals surface area contributed by atoms with E-state index >= 15 is 0 Å². The highest BCUT2D eigenvalue weighted by molar-refractivity contribution is 6.34. The molecule has 1 aliphatic rings. The molecule has 2 rings (SSSR count). The highest BCUT2D eigenvalue weighted by atomic mass is 35.5. The van der Waals surface area contributed by atoms with Gasteiger partial charge in [-0.1, -0.05) is 23.2 Å². The van der Waals surface area contributed by atoms with Gasteiger partial charge in [0.25, 0.3) is 0 Å². The van der Waals surface area contributed by atoms with Gasteiger partial charge in [-0.15, -0.1) is 0 Å². The third-order valence-electron chi connectivity index (χ3n) is 1.95. The molecule has 1 aromatic rings. The molecule has 1 fully saturated rings. The first-order chi connectivity index (χ1) is 5.68. The molecule has 0 atom stereocenters. The van der Waals surface area contributed by atoms with Crippen molar-refractivity contribution < 1.29 is 0 Å². The van der Waals surface area contributed by atoms with E-state index in [9.17, 15) is 0 Å². The van der Waals surface area contributed by atoms with Gasteiger partial charge in [0, 0.05) is 5.92 Å². The van der Waals surface area contributed by atoms with Crippen LogP contribution in [-0.4, -0.2) is 4.98 Å². The molecule has 2 N–H and O–H groups in total. The third-order valence-corrected chi connectivity index (χ3v) is 2.55. The molecule has 1 aliphatic carbocycles. The van der Waals surface area contributed by atoms with Crippen LogP contribution in [0.25, 0.3) is 0 Å². The molecule has 2 nitrogen and oxygen atoms in total. The molecule has 64 valence electrons. The zero-order valence-electron chi connectivity index (χ0n) is 6.35. The third kappa shape index (κ3) is 1.37. The van der Waals surface area contributed by atoms with Crippen molar-refractivity contribution in [1.82, 2.24) is 4.98 Å². The van der Waals surface area contributed by atoms with Crippen molar-refractivity contribution in [2.75, 3.05) is 5.73 Å². The number of hydrogen-bond acceptors (Lipinski definition) is 2. The van der Waals surface area contributed by atoms with Gasteiger partial charge in [-0.3, -0.25) is 0 Å². The van der Waals surface area contributed by atoms with E-state index < -0.39 is 0 Å². The molecule has 0 spiro atoms. The van der Waals surface area contributed by atoms with Crippen LogP contribution in [0.3, 0.4) is 0 Å². The molecule has 1 aromatic heterocycles. The number of rotatable bonds is 1. The summed E-state index contributed by atoms with van der Waals surface area (Å²) in [5.41, 5.74) is 6.88. The summed E-state index contributed by atoms with van der Waals surface area (Å²) in [7, 11) is 0. The topological polar surface area (TPSA) is 38.9 Å². The lowest BCUT2D eigenvalue weighted by molar-refractivity contribution is 1.03. The largest absolute Gasteiger partial charge is 0.396 e. The first kappa shape index (κ1) is 8.14. The van der Waals surface area contributed by atoms with Crippen LogP contribution in [0, 0.1) is 0 Å². The predicted octanol–water partition coefficient (Wildman–Crippen LogP) is 2.85. The van der Waals surface area contributed by atoms with Crippen molar-refractivity contribution in [3.05, 3.63) is 21.9 Å². The zero-order valence-corrected chi connectivity index (χ0v) is 7.86. The maximum Gasteiger partial charge on any atom is 0.152 e. The van der Waals surface area contributed by atoms with Gasteiger partial charge in [0.15, 0.2) is 5.15 Å². The summed E-state index contributed by atoms with van der Waals surface area (Å²) >= 11 is 11.7. The maximum atomic E-state index is 5.94. The minimum Gasteiger partial charge on any atom is -0.396 e. The average molecular weight is 203 g/mol. The van der Waals surface area contributed by atoms with Crippen molar-refractivity contribution in [2.24, 2.45) is 0 Å². The SMILES string of the molecule is Nc1cc(Cl)c(C2CC2)nc1Cl. The van der Waals surface area contributed by atoms with Crippen molar-refractivity contribution in [3.8, 4) is 0 Å². The number of anilines is 1. The molecule has 0 unspecified atom stereocenters. The Morgan fingerprint density at radius 1 is 1.42 bits per heavy atom. The summed E-state index contributed by atoms with van der Waals surface area (Å²) in [4.78, 5) is 4.14. The number of pyridine rings is 1. The Balaban J connectivity index is 2.47. The Bertz CT molecular complexity index is 321. The maximum absolute atomic E-state index is 5.94. The molecular formula is C8H8Cl2N2. The van der Waals surface area contributed by atoms with E-state index in [1.54, 1.807) is 6.07 Å². The number of aromatic nitrogens is 1. The van der Waals surface area contributed by atoms with Crippen molar-refractivity contribution >= 4 is 28.9 Å². The number of nitrogen functional groups attached to an aromatic ring is 1. The second kappa shape index (κ2) is 2.79. The second-order valence-electron chi connectivity index (χ2n) is 3.01. The Hall–Kier alpha value is -0.470. The fourth-order valence-electron chi connectivity index (χ4n) is 1.14. The zero-order chi connectivity index (χ0) is 8.72. The predicted molar refractivity (Wildman–Crippen MR) is 50.6 cm³/mol. The molecule has 0 bridgehead atoms. The number of nitrogens with zero attached hydrogens (tertiary/aromatic N) is 1. The minimum absolute atomic E-state index is 0.362. The number of halogens is 2. The quantitative estimate of drug-likeness (QED) is 0.712. The molecule has 12 heavy (non-hydrogen) atoms. The van der Waals surface area contributed by atoms with Gasteiger partial charge in [0.05, 0.1) is 16.4 Å². The molecule has 0 aliphatic heterocycles. The first-order valence-electron chi connectivity index (χ1n) is 3.80. The smallest absolute Gasteiger partial charge is 0.152 e. The van der Waals surface area contributed by atoms with Gasteiger partial charge in [-0.2, -0.15) is 0 Å². The molecule has 0 aromatic carbocycles. The van der Waals surface area contributed by atoms with Crippen molar-refractivity contribution in [3.63, 3.8) is 0 Å². The summed E-state index contributed by atoms with van der Waals surface area (Å²) in [6, 6.07) is 1.67. The summed E-state index contributed by atoms with van der Waals surface area (Å²) in [6.45, 7) is 0. The van der Waals surface area contributed by atoms with Gasteiger partial charge in [0.1, 0.15) is 0 Å². The molecular weight excluding hydrogens is 195 g/mol. The van der Waals surface area contributed by atoms with Crippen LogP contribution in [0.2, 0.25) is 10.2 Å². The van der Waals surface area contributed by atoms with E-state index in [0.29, 0.717) is 21.8 Å². The van der Waals surface area contributed by atoms with Crippen molar-refractivity contribution in [1.29, 1.82) is 0 Å². The fraction of sp³-hybridized carbons (Fsp3) is 0.375. The van der Waals surface area contributed by atoms with Gasteiger partial charge in [0.2, 0.25) is 0 Å².